The normalized spacial score (nSPS) is 21.9. The zero-order valence-electron chi connectivity index (χ0n) is 18.7. The monoisotopic (exact) mass is 453 g/mol. The minimum atomic E-state index is -1.08. The van der Waals surface area contributed by atoms with E-state index in [1.165, 1.54) is 7.11 Å². The highest BCUT2D eigenvalue weighted by molar-refractivity contribution is 5.88. The molecule has 8 nitrogen and oxygen atoms in total. The molecule has 3 atom stereocenters. The SMILES string of the molecule is COc1c2c(cc3oc4c(c(=O)c13)[C@H](c1ccc(NO)cc1)CC[C@@H]4O)O[C@@H](C(C)(C)O)C2. The van der Waals surface area contributed by atoms with Crippen molar-refractivity contribution in [2.24, 2.45) is 0 Å². The summed E-state index contributed by atoms with van der Waals surface area (Å²) in [6.45, 7) is 3.35. The van der Waals surface area contributed by atoms with E-state index in [1.54, 1.807) is 32.0 Å². The Balaban J connectivity index is 1.72. The molecular weight excluding hydrogens is 426 g/mol. The summed E-state index contributed by atoms with van der Waals surface area (Å²) in [5.41, 5.74) is 3.63. The quantitative estimate of drug-likeness (QED) is 0.442. The van der Waals surface area contributed by atoms with Crippen LogP contribution in [0.4, 0.5) is 5.69 Å². The first kappa shape index (κ1) is 21.8. The maximum atomic E-state index is 13.9. The summed E-state index contributed by atoms with van der Waals surface area (Å²) in [5, 5.41) is 30.6. The van der Waals surface area contributed by atoms with Gasteiger partial charge in [0, 0.05) is 29.5 Å². The van der Waals surface area contributed by atoms with Crippen molar-refractivity contribution in [2.45, 2.75) is 56.8 Å². The molecule has 2 aromatic carbocycles. The van der Waals surface area contributed by atoms with Gasteiger partial charge in [0.1, 0.15) is 40.4 Å². The molecule has 2 aliphatic rings. The van der Waals surface area contributed by atoms with Crippen LogP contribution in [-0.4, -0.2) is 34.2 Å². The number of hydrogen-bond donors (Lipinski definition) is 4. The Morgan fingerprint density at radius 1 is 1.18 bits per heavy atom. The van der Waals surface area contributed by atoms with Crippen LogP contribution >= 0.6 is 0 Å². The van der Waals surface area contributed by atoms with E-state index in [9.17, 15) is 15.0 Å². The molecule has 174 valence electrons. The van der Waals surface area contributed by atoms with Crippen LogP contribution in [0.15, 0.2) is 39.5 Å². The van der Waals surface area contributed by atoms with E-state index < -0.39 is 17.8 Å². The van der Waals surface area contributed by atoms with Crippen molar-refractivity contribution in [3.05, 3.63) is 63.0 Å². The lowest BCUT2D eigenvalue weighted by molar-refractivity contribution is -0.0229. The molecule has 4 N–H and O–H groups in total. The Labute approximate surface area is 190 Å². The van der Waals surface area contributed by atoms with Gasteiger partial charge in [-0.15, -0.1) is 0 Å². The summed E-state index contributed by atoms with van der Waals surface area (Å²) >= 11 is 0. The lowest BCUT2D eigenvalue weighted by atomic mass is 9.79. The van der Waals surface area contributed by atoms with Crippen molar-refractivity contribution in [3.8, 4) is 11.5 Å². The van der Waals surface area contributed by atoms with Crippen molar-refractivity contribution in [1.29, 1.82) is 0 Å². The van der Waals surface area contributed by atoms with Gasteiger partial charge in [0.2, 0.25) is 5.43 Å². The maximum absolute atomic E-state index is 13.9. The van der Waals surface area contributed by atoms with Gasteiger partial charge in [-0.05, 0) is 44.4 Å². The highest BCUT2D eigenvalue weighted by atomic mass is 16.5. The smallest absolute Gasteiger partial charge is 0.200 e. The van der Waals surface area contributed by atoms with Gasteiger partial charge in [0.05, 0.1) is 18.4 Å². The highest BCUT2D eigenvalue weighted by Crippen LogP contribution is 2.46. The maximum Gasteiger partial charge on any atom is 0.200 e. The molecule has 0 fully saturated rings. The van der Waals surface area contributed by atoms with E-state index in [2.05, 4.69) is 5.48 Å². The molecule has 0 spiro atoms. The third-order valence-electron chi connectivity index (χ3n) is 6.74. The average molecular weight is 453 g/mol. The van der Waals surface area contributed by atoms with E-state index in [-0.39, 0.29) is 22.7 Å². The molecule has 2 heterocycles. The number of nitrogens with one attached hydrogen (secondary N) is 1. The predicted molar refractivity (Wildman–Crippen MR) is 121 cm³/mol. The van der Waals surface area contributed by atoms with Crippen LogP contribution in [0, 0.1) is 0 Å². The first-order valence-electron chi connectivity index (χ1n) is 11.0. The highest BCUT2D eigenvalue weighted by Gasteiger charge is 2.39. The van der Waals surface area contributed by atoms with Crippen molar-refractivity contribution in [2.75, 3.05) is 12.6 Å². The average Bonchev–Trinajstić information content (AvgIpc) is 3.23. The number of anilines is 1. The summed E-state index contributed by atoms with van der Waals surface area (Å²) in [6, 6.07) is 8.79. The van der Waals surface area contributed by atoms with Crippen LogP contribution in [-0.2, 0) is 6.42 Å². The fourth-order valence-electron chi connectivity index (χ4n) is 4.97. The number of rotatable bonds is 4. The second-order valence-corrected chi connectivity index (χ2v) is 9.31. The molecule has 33 heavy (non-hydrogen) atoms. The van der Waals surface area contributed by atoms with Gasteiger partial charge in [-0.3, -0.25) is 15.5 Å². The molecule has 0 unspecified atom stereocenters. The molecule has 8 heteroatoms. The fourth-order valence-corrected chi connectivity index (χ4v) is 4.97. The van der Waals surface area contributed by atoms with Gasteiger partial charge in [0.25, 0.3) is 0 Å². The number of methoxy groups -OCH3 is 1. The van der Waals surface area contributed by atoms with Gasteiger partial charge in [-0.2, -0.15) is 0 Å². The Morgan fingerprint density at radius 2 is 1.91 bits per heavy atom. The molecule has 0 saturated heterocycles. The third-order valence-corrected chi connectivity index (χ3v) is 6.74. The minimum Gasteiger partial charge on any atom is -0.495 e. The van der Waals surface area contributed by atoms with Crippen LogP contribution in [0.1, 0.15) is 61.2 Å². The van der Waals surface area contributed by atoms with Crippen molar-refractivity contribution in [1.82, 2.24) is 0 Å². The molecule has 5 rings (SSSR count). The van der Waals surface area contributed by atoms with E-state index in [0.29, 0.717) is 47.4 Å². The summed E-state index contributed by atoms with van der Waals surface area (Å²) in [7, 11) is 1.50. The number of aliphatic hydroxyl groups is 2. The molecular formula is C25H27NO7. The second-order valence-electron chi connectivity index (χ2n) is 9.31. The molecule has 1 aliphatic heterocycles. The number of benzene rings is 2. The summed E-state index contributed by atoms with van der Waals surface area (Å²) in [4.78, 5) is 13.9. The molecule has 3 aromatic rings. The van der Waals surface area contributed by atoms with Crippen LogP contribution in [0.2, 0.25) is 0 Å². The summed E-state index contributed by atoms with van der Waals surface area (Å²) in [5.74, 6) is 0.871. The van der Waals surface area contributed by atoms with E-state index in [4.69, 9.17) is 19.1 Å². The standard InChI is InChI=1S/C25H27NO7/c1-25(2,29)19-10-15-17(32-19)11-18-21(23(15)31-3)22(28)20-14(8-9-16(27)24(20)33-18)12-4-6-13(26-30)7-5-12/h4-7,11,14,16,19,26-27,29-30H,8-10H2,1-3H3/t14-,16-,19+/m0/s1. The van der Waals surface area contributed by atoms with Crippen molar-refractivity contribution >= 4 is 16.7 Å². The van der Waals surface area contributed by atoms with Crippen molar-refractivity contribution in [3.63, 3.8) is 0 Å². The molecule has 0 saturated carbocycles. The largest absolute Gasteiger partial charge is 0.495 e. The van der Waals surface area contributed by atoms with Gasteiger partial charge in [-0.1, -0.05) is 12.1 Å². The lowest BCUT2D eigenvalue weighted by Crippen LogP contribution is -2.39. The Morgan fingerprint density at radius 3 is 2.55 bits per heavy atom. The Hall–Kier alpha value is -3.07. The van der Waals surface area contributed by atoms with E-state index in [1.807, 2.05) is 12.1 Å². The number of fused-ring (bicyclic) bond motifs is 3. The van der Waals surface area contributed by atoms with E-state index in [0.717, 1.165) is 11.1 Å². The van der Waals surface area contributed by atoms with Crippen LogP contribution < -0.4 is 20.4 Å². The first-order valence-corrected chi connectivity index (χ1v) is 11.0. The van der Waals surface area contributed by atoms with Crippen LogP contribution in [0.5, 0.6) is 11.5 Å². The van der Waals surface area contributed by atoms with Gasteiger partial charge in [-0.25, -0.2) is 0 Å². The number of hydrogen-bond acceptors (Lipinski definition) is 8. The Bertz CT molecular complexity index is 1270. The number of aliphatic hydroxyl groups excluding tert-OH is 1. The Kier molecular flexibility index (Phi) is 5.12. The predicted octanol–water partition coefficient (Wildman–Crippen LogP) is 3.64. The first-order chi connectivity index (χ1) is 15.7. The minimum absolute atomic E-state index is 0.245. The zero-order valence-corrected chi connectivity index (χ0v) is 18.7. The topological polar surface area (TPSA) is 121 Å². The fraction of sp³-hybridized carbons (Fsp3) is 0.400. The van der Waals surface area contributed by atoms with Crippen molar-refractivity contribution < 1.29 is 29.3 Å². The van der Waals surface area contributed by atoms with E-state index >= 15 is 0 Å². The lowest BCUT2D eigenvalue weighted by Gasteiger charge is -2.28. The van der Waals surface area contributed by atoms with Gasteiger partial charge < -0.3 is 24.1 Å². The third kappa shape index (κ3) is 3.45. The molecule has 1 aliphatic carbocycles. The molecule has 0 radical (unpaired) electrons. The molecule has 0 amide bonds. The molecule has 0 bridgehead atoms. The summed E-state index contributed by atoms with van der Waals surface area (Å²) < 4.78 is 17.8. The van der Waals surface area contributed by atoms with Gasteiger partial charge >= 0.3 is 0 Å². The second kappa shape index (κ2) is 7.76. The number of ether oxygens (including phenoxy) is 2. The van der Waals surface area contributed by atoms with Gasteiger partial charge in [0.15, 0.2) is 0 Å². The van der Waals surface area contributed by atoms with Crippen LogP contribution in [0.3, 0.4) is 0 Å². The molecule has 1 aromatic heterocycles. The van der Waals surface area contributed by atoms with Crippen LogP contribution in [0.25, 0.3) is 11.0 Å². The zero-order chi connectivity index (χ0) is 23.5. The summed E-state index contributed by atoms with van der Waals surface area (Å²) in [6.07, 6.45) is 0.0469.